The zero-order chi connectivity index (χ0) is 12.0. The van der Waals surface area contributed by atoms with Crippen LogP contribution in [-0.4, -0.2) is 20.7 Å². The molecule has 0 spiro atoms. The van der Waals surface area contributed by atoms with Gasteiger partial charge in [-0.25, -0.2) is 0 Å². The summed E-state index contributed by atoms with van der Waals surface area (Å²) in [5.74, 6) is 2.04. The number of carbonyl (C=O) groups excluding carboxylic acids is 1. The Morgan fingerprint density at radius 2 is 1.88 bits per heavy atom. The molecule has 3 atom stereocenters. The van der Waals surface area contributed by atoms with Crippen LogP contribution in [-0.2, 0) is 4.79 Å². The number of rotatable bonds is 2. The number of benzene rings is 1. The van der Waals surface area contributed by atoms with E-state index in [4.69, 9.17) is 0 Å². The fourth-order valence-corrected chi connectivity index (χ4v) is 5.68. The fraction of sp³-hybridized carbons (Fsp3) is 0.533. The molecule has 1 aromatic rings. The first kappa shape index (κ1) is 11.5. The first-order valence-corrected chi connectivity index (χ1v) is 8.18. The third kappa shape index (κ3) is 1.98. The van der Waals surface area contributed by atoms with E-state index in [1.54, 1.807) is 0 Å². The number of carbonyl (C=O) groups is 1. The second kappa shape index (κ2) is 3.96. The van der Waals surface area contributed by atoms with Crippen molar-refractivity contribution in [2.75, 3.05) is 0 Å². The van der Waals surface area contributed by atoms with Crippen LogP contribution in [0, 0.1) is 17.3 Å². The molecule has 2 aliphatic rings. The minimum atomic E-state index is 0.335. The van der Waals surface area contributed by atoms with Crippen LogP contribution in [0.1, 0.15) is 26.7 Å². The Kier molecular flexibility index (Phi) is 2.68. The van der Waals surface area contributed by atoms with Crippen molar-refractivity contribution in [2.24, 2.45) is 17.3 Å². The second-order valence-corrected chi connectivity index (χ2v) is 8.54. The van der Waals surface area contributed by atoms with Crippen LogP contribution in [0.2, 0.25) is 4.82 Å². The minimum absolute atomic E-state index is 0.335. The Hall–Kier alpha value is -0.591. The van der Waals surface area contributed by atoms with E-state index in [-0.39, 0.29) is 0 Å². The fourth-order valence-electron chi connectivity index (χ4n) is 3.22. The first-order chi connectivity index (χ1) is 8.09. The molecule has 0 heterocycles. The average Bonchev–Trinajstić information content (AvgIpc) is 2.82. The summed E-state index contributed by atoms with van der Waals surface area (Å²) < 4.78 is 1.37. The van der Waals surface area contributed by atoms with Crippen molar-refractivity contribution in [2.45, 2.75) is 31.5 Å². The van der Waals surface area contributed by atoms with Crippen molar-refractivity contribution in [1.82, 2.24) is 0 Å². The van der Waals surface area contributed by atoms with Crippen LogP contribution in [0.25, 0.3) is 0 Å². The molecule has 2 aliphatic carbocycles. The summed E-state index contributed by atoms with van der Waals surface area (Å²) >= 11 is 0.335. The Morgan fingerprint density at radius 3 is 2.59 bits per heavy atom. The number of hydrogen-bond donors (Lipinski definition) is 0. The van der Waals surface area contributed by atoms with Crippen LogP contribution in [0.5, 0.6) is 0 Å². The van der Waals surface area contributed by atoms with Gasteiger partial charge in [-0.05, 0) is 0 Å². The van der Waals surface area contributed by atoms with Crippen LogP contribution in [0.3, 0.4) is 0 Å². The van der Waals surface area contributed by atoms with Gasteiger partial charge in [0.25, 0.3) is 0 Å². The van der Waals surface area contributed by atoms with Gasteiger partial charge in [-0.2, -0.15) is 0 Å². The number of hydrogen-bond acceptors (Lipinski definition) is 1. The van der Waals surface area contributed by atoms with Gasteiger partial charge < -0.3 is 0 Å². The van der Waals surface area contributed by atoms with Crippen molar-refractivity contribution in [3.63, 3.8) is 0 Å². The van der Waals surface area contributed by atoms with Crippen LogP contribution in [0.4, 0.5) is 0 Å². The molecule has 2 saturated carbocycles. The molecule has 1 nitrogen and oxygen atoms in total. The van der Waals surface area contributed by atoms with E-state index in [1.165, 1.54) is 4.46 Å². The molecule has 2 fully saturated rings. The van der Waals surface area contributed by atoms with Crippen LogP contribution in [0.15, 0.2) is 30.3 Å². The van der Waals surface area contributed by atoms with Gasteiger partial charge in [-0.3, -0.25) is 0 Å². The first-order valence-electron chi connectivity index (χ1n) is 6.33. The van der Waals surface area contributed by atoms with Crippen molar-refractivity contribution < 1.29 is 4.79 Å². The van der Waals surface area contributed by atoms with E-state index in [0.29, 0.717) is 36.9 Å². The van der Waals surface area contributed by atoms with Gasteiger partial charge in [0.05, 0.1) is 0 Å². The molecule has 0 aromatic heterocycles. The summed E-state index contributed by atoms with van der Waals surface area (Å²) in [6.45, 7) is 4.65. The van der Waals surface area contributed by atoms with Gasteiger partial charge in [-0.1, -0.05) is 0 Å². The third-order valence-corrected chi connectivity index (χ3v) is 7.25. The van der Waals surface area contributed by atoms with Gasteiger partial charge in [0.15, 0.2) is 0 Å². The van der Waals surface area contributed by atoms with Gasteiger partial charge in [0.2, 0.25) is 0 Å². The summed E-state index contributed by atoms with van der Waals surface area (Å²) in [6, 6.07) is 10.5. The molecule has 3 rings (SSSR count). The van der Waals surface area contributed by atoms with Crippen LogP contribution < -0.4 is 4.46 Å². The van der Waals surface area contributed by atoms with E-state index in [2.05, 4.69) is 38.1 Å². The Labute approximate surface area is 109 Å². The summed E-state index contributed by atoms with van der Waals surface area (Å²) in [4.78, 5) is 12.5. The predicted octanol–water partition coefficient (Wildman–Crippen LogP) is 2.44. The number of ketones is 1. The SMILES string of the molecule is CC1(C)[C@@H]2CC([Se]c3ccccc3)C(=O)C[C@@H]21. The third-order valence-electron chi connectivity index (χ3n) is 4.56. The summed E-state index contributed by atoms with van der Waals surface area (Å²) in [6.07, 6.45) is 1.99. The summed E-state index contributed by atoms with van der Waals surface area (Å²) in [7, 11) is 0. The molecule has 17 heavy (non-hydrogen) atoms. The molecule has 0 N–H and O–H groups in total. The van der Waals surface area contributed by atoms with Gasteiger partial charge >= 0.3 is 109 Å². The van der Waals surface area contributed by atoms with Crippen LogP contribution >= 0.6 is 0 Å². The maximum atomic E-state index is 12.1. The summed E-state index contributed by atoms with van der Waals surface area (Å²) in [5, 5.41) is 0. The maximum absolute atomic E-state index is 12.1. The number of fused-ring (bicyclic) bond motifs is 1. The molecule has 1 unspecified atom stereocenters. The van der Waals surface area contributed by atoms with Crippen molar-refractivity contribution >= 4 is 25.2 Å². The van der Waals surface area contributed by atoms with Crippen molar-refractivity contribution in [3.8, 4) is 0 Å². The van der Waals surface area contributed by atoms with E-state index >= 15 is 0 Å². The molecule has 2 heteroatoms. The normalized spacial score (nSPS) is 34.2. The monoisotopic (exact) mass is 294 g/mol. The topological polar surface area (TPSA) is 17.1 Å². The zero-order valence-electron chi connectivity index (χ0n) is 10.3. The van der Waals surface area contributed by atoms with E-state index in [1.807, 2.05) is 6.07 Å². The molecule has 0 bridgehead atoms. The molecule has 0 amide bonds. The predicted molar refractivity (Wildman–Crippen MR) is 70.6 cm³/mol. The van der Waals surface area contributed by atoms with E-state index < -0.39 is 0 Å². The van der Waals surface area contributed by atoms with Gasteiger partial charge in [0.1, 0.15) is 0 Å². The average molecular weight is 293 g/mol. The molecular weight excluding hydrogens is 275 g/mol. The Bertz CT molecular complexity index is 437. The van der Waals surface area contributed by atoms with Crippen molar-refractivity contribution in [1.29, 1.82) is 0 Å². The summed E-state index contributed by atoms with van der Waals surface area (Å²) in [5.41, 5.74) is 0.442. The molecule has 1 aromatic carbocycles. The zero-order valence-corrected chi connectivity index (χ0v) is 12.1. The quantitative estimate of drug-likeness (QED) is 0.766. The molecule has 0 aliphatic heterocycles. The molecule has 0 saturated heterocycles. The van der Waals surface area contributed by atoms with Gasteiger partial charge in [-0.15, -0.1) is 0 Å². The van der Waals surface area contributed by atoms with E-state index in [9.17, 15) is 4.79 Å². The van der Waals surface area contributed by atoms with Gasteiger partial charge in [0, 0.05) is 0 Å². The van der Waals surface area contributed by atoms with Crippen molar-refractivity contribution in [3.05, 3.63) is 30.3 Å². The second-order valence-electron chi connectivity index (χ2n) is 5.86. The standard InChI is InChI=1S/C15H18OSe/c1-15(2)11-8-13(16)14(9-12(11)15)17-10-6-4-3-5-7-10/h3-7,11-12,14H,8-9H2,1-2H3/t11-,12+,14?/m0/s1. The molecule has 90 valence electrons. The molecular formula is C15H18OSe. The Balaban J connectivity index is 1.71. The molecule has 0 radical (unpaired) electrons. The number of Topliss-reactive ketones (excluding diaryl/α,β-unsaturated/α-hetero) is 1. The van der Waals surface area contributed by atoms with E-state index in [0.717, 1.165) is 18.8 Å². The Morgan fingerprint density at radius 1 is 1.18 bits per heavy atom.